The van der Waals surface area contributed by atoms with E-state index in [0.29, 0.717) is 6.42 Å². The van der Waals surface area contributed by atoms with Gasteiger partial charge in [-0.15, -0.1) is 0 Å². The van der Waals surface area contributed by atoms with Crippen molar-refractivity contribution in [2.75, 3.05) is 0 Å². The molecule has 0 aliphatic rings. The van der Waals surface area contributed by atoms with Gasteiger partial charge in [-0.25, -0.2) is 4.79 Å². The third-order valence-corrected chi connectivity index (χ3v) is 1.66. The van der Waals surface area contributed by atoms with Gasteiger partial charge in [0.2, 0.25) is 0 Å². The van der Waals surface area contributed by atoms with Gasteiger partial charge in [-0.2, -0.15) is 0 Å². The third-order valence-electron chi connectivity index (χ3n) is 1.66. The highest BCUT2D eigenvalue weighted by Gasteiger charge is 2.04. The molecule has 0 fully saturated rings. The molecule has 3 heteroatoms. The minimum absolute atomic E-state index is 0.144. The average molecular weight is 178 g/mol. The smallest absolute Gasteiger partial charge is 0.331 e. The maximum Gasteiger partial charge on any atom is 0.331 e. The normalized spacial score (nSPS) is 9.54. The molecule has 68 valence electrons. The van der Waals surface area contributed by atoms with Gasteiger partial charge >= 0.3 is 5.97 Å². The molecule has 0 spiro atoms. The van der Waals surface area contributed by atoms with Gasteiger partial charge in [0.1, 0.15) is 5.75 Å². The van der Waals surface area contributed by atoms with Gasteiger partial charge in [0.05, 0.1) is 0 Å². The molecule has 0 unspecified atom stereocenters. The minimum atomic E-state index is -0.993. The van der Waals surface area contributed by atoms with E-state index in [0.717, 1.165) is 5.56 Å². The number of phenols is 1. The van der Waals surface area contributed by atoms with Crippen molar-refractivity contribution in [3.05, 3.63) is 42.0 Å². The van der Waals surface area contributed by atoms with Crippen LogP contribution in [0.5, 0.6) is 5.75 Å². The van der Waals surface area contributed by atoms with Gasteiger partial charge in [-0.05, 0) is 17.7 Å². The number of hydrogen-bond acceptors (Lipinski definition) is 2. The Morgan fingerprint density at radius 2 is 1.85 bits per heavy atom. The maximum atomic E-state index is 10.4. The lowest BCUT2D eigenvalue weighted by Crippen LogP contribution is -2.01. The molecule has 0 aliphatic carbocycles. The summed E-state index contributed by atoms with van der Waals surface area (Å²) in [7, 11) is 0. The molecule has 1 aromatic rings. The van der Waals surface area contributed by atoms with E-state index in [-0.39, 0.29) is 11.3 Å². The highest BCUT2D eigenvalue weighted by Crippen LogP contribution is 2.12. The van der Waals surface area contributed by atoms with Gasteiger partial charge in [-0.3, -0.25) is 0 Å². The molecule has 0 aromatic heterocycles. The predicted octanol–water partition coefficient (Wildman–Crippen LogP) is 1.58. The Bertz CT molecular complexity index is 325. The van der Waals surface area contributed by atoms with Crippen molar-refractivity contribution in [1.82, 2.24) is 0 Å². The summed E-state index contributed by atoms with van der Waals surface area (Å²) in [6.45, 7) is 3.41. The molecule has 3 nitrogen and oxygen atoms in total. The predicted molar refractivity (Wildman–Crippen MR) is 48.6 cm³/mol. The molecule has 0 saturated carbocycles. The maximum absolute atomic E-state index is 10.4. The summed E-state index contributed by atoms with van der Waals surface area (Å²) in [4.78, 5) is 10.4. The van der Waals surface area contributed by atoms with Crippen molar-refractivity contribution in [3.63, 3.8) is 0 Å². The quantitative estimate of drug-likeness (QED) is 0.691. The lowest BCUT2D eigenvalue weighted by Gasteiger charge is -2.00. The zero-order chi connectivity index (χ0) is 9.84. The van der Waals surface area contributed by atoms with Crippen molar-refractivity contribution in [2.24, 2.45) is 0 Å². The fraction of sp³-hybridized carbons (Fsp3) is 0.100. The van der Waals surface area contributed by atoms with E-state index in [1.54, 1.807) is 12.1 Å². The van der Waals surface area contributed by atoms with Crippen molar-refractivity contribution < 1.29 is 15.0 Å². The van der Waals surface area contributed by atoms with Crippen LogP contribution in [0.2, 0.25) is 0 Å². The van der Waals surface area contributed by atoms with E-state index < -0.39 is 5.97 Å². The highest BCUT2D eigenvalue weighted by atomic mass is 16.4. The lowest BCUT2D eigenvalue weighted by atomic mass is 10.1. The van der Waals surface area contributed by atoms with Crippen LogP contribution in [0.15, 0.2) is 36.4 Å². The SMILES string of the molecule is C=C(Cc1ccc(O)cc1)C(=O)O. The molecule has 0 radical (unpaired) electrons. The van der Waals surface area contributed by atoms with E-state index in [1.807, 2.05) is 0 Å². The molecule has 0 saturated heterocycles. The van der Waals surface area contributed by atoms with Crippen LogP contribution in [-0.4, -0.2) is 16.2 Å². The first-order valence-electron chi connectivity index (χ1n) is 3.78. The number of phenolic OH excluding ortho intramolecular Hbond substituents is 1. The molecule has 0 atom stereocenters. The molecular weight excluding hydrogens is 168 g/mol. The second-order valence-corrected chi connectivity index (χ2v) is 2.75. The highest BCUT2D eigenvalue weighted by molar-refractivity contribution is 5.86. The number of aromatic hydroxyl groups is 1. The molecule has 0 amide bonds. The van der Waals surface area contributed by atoms with E-state index in [9.17, 15) is 4.79 Å². The van der Waals surface area contributed by atoms with Crippen molar-refractivity contribution in [3.8, 4) is 5.75 Å². The number of rotatable bonds is 3. The monoisotopic (exact) mass is 178 g/mol. The second kappa shape index (κ2) is 3.76. The van der Waals surface area contributed by atoms with E-state index in [1.165, 1.54) is 12.1 Å². The molecular formula is C10H10O3. The Labute approximate surface area is 76.0 Å². The van der Waals surface area contributed by atoms with Gasteiger partial charge in [-0.1, -0.05) is 18.7 Å². The number of hydrogen-bond donors (Lipinski definition) is 2. The summed E-state index contributed by atoms with van der Waals surface area (Å²) in [6.07, 6.45) is 0.301. The number of carbonyl (C=O) groups is 1. The summed E-state index contributed by atoms with van der Waals surface area (Å²) >= 11 is 0. The van der Waals surface area contributed by atoms with Crippen LogP contribution in [0.3, 0.4) is 0 Å². The Balaban J connectivity index is 2.70. The van der Waals surface area contributed by atoms with E-state index in [2.05, 4.69) is 6.58 Å². The summed E-state index contributed by atoms with van der Waals surface area (Å²) < 4.78 is 0. The Morgan fingerprint density at radius 3 is 2.31 bits per heavy atom. The average Bonchev–Trinajstić information content (AvgIpc) is 2.08. The van der Waals surface area contributed by atoms with Crippen LogP contribution in [0.4, 0.5) is 0 Å². The molecule has 0 aliphatic heterocycles. The van der Waals surface area contributed by atoms with Crippen LogP contribution >= 0.6 is 0 Å². The van der Waals surface area contributed by atoms with Crippen LogP contribution in [0, 0.1) is 0 Å². The fourth-order valence-electron chi connectivity index (χ4n) is 0.936. The van der Waals surface area contributed by atoms with Gasteiger partial charge in [0.15, 0.2) is 0 Å². The minimum Gasteiger partial charge on any atom is -0.508 e. The molecule has 0 heterocycles. The number of aliphatic carboxylic acids is 1. The molecule has 2 N–H and O–H groups in total. The van der Waals surface area contributed by atoms with Crippen molar-refractivity contribution >= 4 is 5.97 Å². The molecule has 0 bridgehead atoms. The first-order valence-corrected chi connectivity index (χ1v) is 3.78. The van der Waals surface area contributed by atoms with Crippen LogP contribution in [-0.2, 0) is 11.2 Å². The lowest BCUT2D eigenvalue weighted by molar-refractivity contribution is -0.132. The summed E-state index contributed by atoms with van der Waals surface area (Å²) in [6, 6.07) is 6.38. The number of carboxylic acids is 1. The third kappa shape index (κ3) is 2.63. The fourth-order valence-corrected chi connectivity index (χ4v) is 0.936. The zero-order valence-corrected chi connectivity index (χ0v) is 7.03. The van der Waals surface area contributed by atoms with Gasteiger partial charge in [0.25, 0.3) is 0 Å². The Hall–Kier alpha value is -1.77. The zero-order valence-electron chi connectivity index (χ0n) is 7.03. The van der Waals surface area contributed by atoms with Crippen LogP contribution in [0.1, 0.15) is 5.56 Å². The molecule has 13 heavy (non-hydrogen) atoms. The van der Waals surface area contributed by atoms with Gasteiger partial charge in [0, 0.05) is 12.0 Å². The van der Waals surface area contributed by atoms with E-state index in [4.69, 9.17) is 10.2 Å². The van der Waals surface area contributed by atoms with E-state index >= 15 is 0 Å². The first kappa shape index (κ1) is 9.32. The standard InChI is InChI=1S/C10H10O3/c1-7(10(12)13)6-8-2-4-9(11)5-3-8/h2-5,11H,1,6H2,(H,12,13). The molecule has 1 rings (SSSR count). The van der Waals surface area contributed by atoms with Crippen LogP contribution in [0.25, 0.3) is 0 Å². The molecule has 1 aromatic carbocycles. The Kier molecular flexibility index (Phi) is 2.69. The van der Waals surface area contributed by atoms with Crippen molar-refractivity contribution in [2.45, 2.75) is 6.42 Å². The second-order valence-electron chi connectivity index (χ2n) is 2.75. The van der Waals surface area contributed by atoms with Crippen molar-refractivity contribution in [1.29, 1.82) is 0 Å². The Morgan fingerprint density at radius 1 is 1.31 bits per heavy atom. The van der Waals surface area contributed by atoms with Crippen LogP contribution < -0.4 is 0 Å². The summed E-state index contributed by atoms with van der Waals surface area (Å²) in [5.74, 6) is -0.822. The largest absolute Gasteiger partial charge is 0.508 e. The first-order chi connectivity index (χ1) is 6.09. The topological polar surface area (TPSA) is 57.5 Å². The summed E-state index contributed by atoms with van der Waals surface area (Å²) in [5.41, 5.74) is 0.968. The number of benzene rings is 1. The van der Waals surface area contributed by atoms with Gasteiger partial charge < -0.3 is 10.2 Å². The number of carboxylic acid groups (broad SMARTS) is 1. The summed E-state index contributed by atoms with van der Waals surface area (Å²) in [5, 5.41) is 17.5.